The van der Waals surface area contributed by atoms with E-state index in [-0.39, 0.29) is 6.04 Å². The van der Waals surface area contributed by atoms with E-state index in [9.17, 15) is 0 Å². The summed E-state index contributed by atoms with van der Waals surface area (Å²) in [5, 5.41) is 0. The molecule has 6 heteroatoms. The van der Waals surface area contributed by atoms with E-state index in [4.69, 9.17) is 14.7 Å². The van der Waals surface area contributed by atoms with Gasteiger partial charge in [0.1, 0.15) is 5.71 Å². The van der Waals surface area contributed by atoms with Crippen molar-refractivity contribution >= 4 is 22.9 Å². The number of fused-ring (bicyclic) bond motifs is 1. The third kappa shape index (κ3) is 3.57. The van der Waals surface area contributed by atoms with Crippen LogP contribution in [0.2, 0.25) is 0 Å². The molecule has 0 aromatic heterocycles. The number of benzene rings is 1. The highest BCUT2D eigenvalue weighted by molar-refractivity contribution is 6.45. The van der Waals surface area contributed by atoms with E-state index in [0.29, 0.717) is 5.92 Å². The van der Waals surface area contributed by atoms with Crippen LogP contribution >= 0.6 is 0 Å². The molecule has 5 rings (SSSR count). The zero-order chi connectivity index (χ0) is 19.8. The van der Waals surface area contributed by atoms with E-state index >= 15 is 0 Å². The molecule has 0 radical (unpaired) electrons. The van der Waals surface area contributed by atoms with Crippen molar-refractivity contribution in [1.82, 2.24) is 9.80 Å². The van der Waals surface area contributed by atoms with Gasteiger partial charge in [-0.15, -0.1) is 0 Å². The molecule has 4 heterocycles. The summed E-state index contributed by atoms with van der Waals surface area (Å²) in [4.78, 5) is 16.8. The SMILES string of the molecule is C[C@@H]1CCN(C2=NC(c3ccc(N4CCOCC4)cc3)=CC3C2=NC=CN3C)C1. The van der Waals surface area contributed by atoms with Gasteiger partial charge in [-0.25, -0.2) is 4.99 Å². The lowest BCUT2D eigenvalue weighted by Gasteiger charge is -2.35. The van der Waals surface area contributed by atoms with Gasteiger partial charge in [-0.1, -0.05) is 19.1 Å². The summed E-state index contributed by atoms with van der Waals surface area (Å²) >= 11 is 0. The number of hydrogen-bond donors (Lipinski definition) is 0. The summed E-state index contributed by atoms with van der Waals surface area (Å²) in [6.07, 6.45) is 7.39. The molecule has 6 nitrogen and oxygen atoms in total. The number of hydrogen-bond acceptors (Lipinski definition) is 6. The van der Waals surface area contributed by atoms with Crippen molar-refractivity contribution in [3.05, 3.63) is 48.3 Å². The summed E-state index contributed by atoms with van der Waals surface area (Å²) in [5.74, 6) is 1.75. The Balaban J connectivity index is 1.46. The second-order valence-corrected chi connectivity index (χ2v) is 8.40. The highest BCUT2D eigenvalue weighted by Crippen LogP contribution is 2.29. The molecule has 1 aromatic rings. The lowest BCUT2D eigenvalue weighted by Crippen LogP contribution is -2.47. The Labute approximate surface area is 172 Å². The predicted molar refractivity (Wildman–Crippen MR) is 118 cm³/mol. The molecule has 29 heavy (non-hydrogen) atoms. The average Bonchev–Trinajstić information content (AvgIpc) is 3.20. The van der Waals surface area contributed by atoms with Crippen LogP contribution in [0.3, 0.4) is 0 Å². The molecule has 1 unspecified atom stereocenters. The monoisotopic (exact) mass is 391 g/mol. The smallest absolute Gasteiger partial charge is 0.153 e. The van der Waals surface area contributed by atoms with Gasteiger partial charge in [0.25, 0.3) is 0 Å². The average molecular weight is 392 g/mol. The van der Waals surface area contributed by atoms with E-state index in [0.717, 1.165) is 62.2 Å². The number of amidine groups is 1. The normalized spacial score (nSPS) is 26.8. The fourth-order valence-electron chi connectivity index (χ4n) is 4.51. The Morgan fingerprint density at radius 2 is 1.83 bits per heavy atom. The van der Waals surface area contributed by atoms with E-state index in [1.165, 1.54) is 12.1 Å². The summed E-state index contributed by atoms with van der Waals surface area (Å²) in [6, 6.07) is 8.96. The van der Waals surface area contributed by atoms with Crippen LogP contribution in [0.4, 0.5) is 5.69 Å². The van der Waals surface area contributed by atoms with Gasteiger partial charge >= 0.3 is 0 Å². The number of aliphatic imine (C=N–C) groups is 2. The minimum absolute atomic E-state index is 0.136. The van der Waals surface area contributed by atoms with Crippen LogP contribution in [-0.4, -0.2) is 73.8 Å². The first kappa shape index (κ1) is 18.4. The molecule has 4 aliphatic heterocycles. The van der Waals surface area contributed by atoms with Gasteiger partial charge in [0.15, 0.2) is 5.84 Å². The first-order chi connectivity index (χ1) is 14.2. The lowest BCUT2D eigenvalue weighted by atomic mass is 9.99. The van der Waals surface area contributed by atoms with Crippen LogP contribution in [0, 0.1) is 5.92 Å². The molecule has 1 aromatic carbocycles. The Morgan fingerprint density at radius 3 is 2.55 bits per heavy atom. The maximum atomic E-state index is 5.47. The van der Waals surface area contributed by atoms with Crippen molar-refractivity contribution in [3.63, 3.8) is 0 Å². The van der Waals surface area contributed by atoms with Gasteiger partial charge < -0.3 is 19.4 Å². The zero-order valence-electron chi connectivity index (χ0n) is 17.3. The van der Waals surface area contributed by atoms with Crippen molar-refractivity contribution in [1.29, 1.82) is 0 Å². The van der Waals surface area contributed by atoms with Gasteiger partial charge in [-0.05, 0) is 30.5 Å². The summed E-state index contributed by atoms with van der Waals surface area (Å²) in [5.41, 5.74) is 4.52. The number of rotatable bonds is 2. The van der Waals surface area contributed by atoms with Crippen LogP contribution in [0.25, 0.3) is 5.70 Å². The molecule has 152 valence electrons. The van der Waals surface area contributed by atoms with Crippen molar-refractivity contribution in [2.75, 3.05) is 51.3 Å². The molecule has 0 N–H and O–H groups in total. The quantitative estimate of drug-likeness (QED) is 0.778. The minimum atomic E-state index is 0.136. The van der Waals surface area contributed by atoms with Gasteiger partial charge in [-0.2, -0.15) is 0 Å². The third-order valence-electron chi connectivity index (χ3n) is 6.27. The Kier molecular flexibility index (Phi) is 4.87. The summed E-state index contributed by atoms with van der Waals surface area (Å²) in [6.45, 7) is 7.95. The maximum Gasteiger partial charge on any atom is 0.153 e. The number of likely N-dealkylation sites (N-methyl/N-ethyl adjacent to an activating group) is 1. The fraction of sp³-hybridized carbons (Fsp3) is 0.478. The van der Waals surface area contributed by atoms with Crippen LogP contribution in [0.1, 0.15) is 18.9 Å². The van der Waals surface area contributed by atoms with Gasteiger partial charge in [0, 0.05) is 56.9 Å². The third-order valence-corrected chi connectivity index (χ3v) is 6.27. The number of ether oxygens (including phenoxy) is 1. The predicted octanol–water partition coefficient (Wildman–Crippen LogP) is 2.84. The molecular formula is C23H29N5O. The van der Waals surface area contributed by atoms with Crippen LogP contribution in [-0.2, 0) is 4.74 Å². The second kappa shape index (κ2) is 7.67. The van der Waals surface area contributed by atoms with E-state index in [1.54, 1.807) is 0 Å². The number of nitrogens with zero attached hydrogens (tertiary/aromatic N) is 5. The topological polar surface area (TPSA) is 43.7 Å². The molecule has 0 saturated carbocycles. The molecule has 0 amide bonds. The lowest BCUT2D eigenvalue weighted by molar-refractivity contribution is 0.122. The number of likely N-dealkylation sites (tertiary alicyclic amines) is 1. The Morgan fingerprint density at radius 1 is 1.03 bits per heavy atom. The van der Waals surface area contributed by atoms with Crippen LogP contribution in [0.15, 0.2) is 52.7 Å². The first-order valence-electron chi connectivity index (χ1n) is 10.6. The largest absolute Gasteiger partial charge is 0.378 e. The van der Waals surface area contributed by atoms with Crippen molar-refractivity contribution in [3.8, 4) is 0 Å². The molecule has 2 atom stereocenters. The number of anilines is 1. The highest BCUT2D eigenvalue weighted by atomic mass is 16.5. The first-order valence-corrected chi connectivity index (χ1v) is 10.6. The molecule has 2 fully saturated rings. The van der Waals surface area contributed by atoms with Gasteiger partial charge in [0.2, 0.25) is 0 Å². The van der Waals surface area contributed by atoms with Gasteiger partial charge in [0.05, 0.1) is 25.0 Å². The van der Waals surface area contributed by atoms with Gasteiger partial charge in [-0.3, -0.25) is 4.99 Å². The van der Waals surface area contributed by atoms with Crippen molar-refractivity contribution in [2.24, 2.45) is 15.9 Å². The molecule has 4 aliphatic rings. The van der Waals surface area contributed by atoms with Crippen LogP contribution < -0.4 is 4.90 Å². The highest BCUT2D eigenvalue weighted by Gasteiger charge is 2.34. The van der Waals surface area contributed by atoms with Crippen molar-refractivity contribution in [2.45, 2.75) is 19.4 Å². The molecule has 0 aliphatic carbocycles. The molecular weight excluding hydrogens is 362 g/mol. The summed E-state index contributed by atoms with van der Waals surface area (Å²) < 4.78 is 5.47. The van der Waals surface area contributed by atoms with E-state index in [1.807, 2.05) is 12.4 Å². The second-order valence-electron chi connectivity index (χ2n) is 8.40. The molecule has 2 saturated heterocycles. The number of morpholine rings is 1. The fourth-order valence-corrected chi connectivity index (χ4v) is 4.51. The Hall–Kier alpha value is -2.60. The maximum absolute atomic E-state index is 5.47. The molecule has 0 spiro atoms. The summed E-state index contributed by atoms with van der Waals surface area (Å²) in [7, 11) is 2.11. The minimum Gasteiger partial charge on any atom is -0.378 e. The molecule has 0 bridgehead atoms. The van der Waals surface area contributed by atoms with Crippen LogP contribution in [0.5, 0.6) is 0 Å². The standard InChI is InChI=1S/C23H29N5O/c1-17-7-9-28(16-17)23-22-21(26(2)10-8-24-22)15-20(25-23)18-3-5-19(6-4-18)27-11-13-29-14-12-27/h3-6,8,10,15,17,21H,7,9,11-14,16H2,1-2H3/t17-,21?/m1/s1. The van der Waals surface area contributed by atoms with E-state index in [2.05, 4.69) is 59.0 Å². The van der Waals surface area contributed by atoms with Crippen molar-refractivity contribution < 1.29 is 4.74 Å². The van der Waals surface area contributed by atoms with E-state index < -0.39 is 0 Å². The Bertz CT molecular complexity index is 879. The zero-order valence-corrected chi connectivity index (χ0v) is 17.3.